The van der Waals surface area contributed by atoms with Gasteiger partial charge in [-0.25, -0.2) is 8.42 Å². The number of amides is 1. The summed E-state index contributed by atoms with van der Waals surface area (Å²) >= 11 is 0. The predicted octanol–water partition coefficient (Wildman–Crippen LogP) is 4.20. The second-order valence-corrected chi connectivity index (χ2v) is 10.0. The molecule has 1 N–H and O–H groups in total. The van der Waals surface area contributed by atoms with Gasteiger partial charge in [-0.05, 0) is 43.5 Å². The molecule has 1 aliphatic heterocycles. The van der Waals surface area contributed by atoms with Crippen molar-refractivity contribution in [2.75, 3.05) is 25.5 Å². The maximum Gasteiger partial charge on any atom is 0.248 e. The van der Waals surface area contributed by atoms with Crippen molar-refractivity contribution >= 4 is 33.8 Å². The fraction of sp³-hybridized carbons (Fsp3) is 0.280. The van der Waals surface area contributed by atoms with Crippen LogP contribution >= 0.6 is 0 Å². The van der Waals surface area contributed by atoms with E-state index in [9.17, 15) is 13.2 Å². The highest BCUT2D eigenvalue weighted by Crippen LogP contribution is 2.30. The van der Waals surface area contributed by atoms with Gasteiger partial charge >= 0.3 is 0 Å². The van der Waals surface area contributed by atoms with Crippen LogP contribution in [0.2, 0.25) is 0 Å². The average molecular weight is 482 g/mol. The first-order valence-corrected chi connectivity index (χ1v) is 12.5. The molecule has 9 heteroatoms. The summed E-state index contributed by atoms with van der Waals surface area (Å²) in [6.45, 7) is 2.02. The first kappa shape index (κ1) is 23.7. The van der Waals surface area contributed by atoms with Gasteiger partial charge < -0.3 is 14.6 Å². The molecule has 8 nitrogen and oxygen atoms in total. The maximum atomic E-state index is 13.6. The molecule has 178 valence electrons. The Hall–Kier alpha value is -3.43. The Balaban J connectivity index is 1.52. The topological polar surface area (TPSA) is 102 Å². The van der Waals surface area contributed by atoms with E-state index in [4.69, 9.17) is 9.26 Å². The Morgan fingerprint density at radius 3 is 2.74 bits per heavy atom. The molecule has 0 aliphatic carbocycles. The van der Waals surface area contributed by atoms with E-state index in [-0.39, 0.29) is 28.8 Å². The number of aromatic nitrogens is 1. The number of piperidine rings is 1. The van der Waals surface area contributed by atoms with Gasteiger partial charge in [0, 0.05) is 24.8 Å². The molecule has 34 heavy (non-hydrogen) atoms. The molecular formula is C25H27N3O5S. The van der Waals surface area contributed by atoms with Crippen LogP contribution in [0.5, 0.6) is 5.75 Å². The average Bonchev–Trinajstić information content (AvgIpc) is 3.24. The molecule has 0 bridgehead atoms. The number of aryl methyl sites for hydroxylation is 1. The van der Waals surface area contributed by atoms with Crippen molar-refractivity contribution in [1.82, 2.24) is 9.46 Å². The van der Waals surface area contributed by atoms with Gasteiger partial charge in [-0.1, -0.05) is 47.6 Å². The van der Waals surface area contributed by atoms with E-state index < -0.39 is 15.9 Å². The quantitative estimate of drug-likeness (QED) is 0.543. The van der Waals surface area contributed by atoms with Crippen LogP contribution in [0, 0.1) is 12.8 Å². The molecule has 0 radical (unpaired) electrons. The summed E-state index contributed by atoms with van der Waals surface area (Å²) in [6, 6.07) is 16.6. The van der Waals surface area contributed by atoms with E-state index in [0.29, 0.717) is 30.8 Å². The monoisotopic (exact) mass is 481 g/mol. The second kappa shape index (κ2) is 10.2. The molecule has 2 aromatic carbocycles. The molecule has 1 saturated heterocycles. The molecule has 1 atom stereocenters. The van der Waals surface area contributed by atoms with E-state index in [1.807, 2.05) is 30.3 Å². The number of methoxy groups -OCH3 is 1. The number of nitrogens with zero attached hydrogens (tertiary/aromatic N) is 2. The highest BCUT2D eigenvalue weighted by Gasteiger charge is 2.37. The minimum Gasteiger partial charge on any atom is -0.497 e. The minimum atomic E-state index is -3.91. The van der Waals surface area contributed by atoms with Crippen molar-refractivity contribution < 1.29 is 22.5 Å². The highest BCUT2D eigenvalue weighted by molar-refractivity contribution is 7.89. The van der Waals surface area contributed by atoms with Crippen molar-refractivity contribution in [3.05, 3.63) is 71.6 Å². The summed E-state index contributed by atoms with van der Waals surface area (Å²) in [5.41, 5.74) is 1.80. The minimum absolute atomic E-state index is 0.0357. The number of sulfonamides is 1. The van der Waals surface area contributed by atoms with E-state index in [1.165, 1.54) is 4.31 Å². The Morgan fingerprint density at radius 1 is 1.18 bits per heavy atom. The van der Waals surface area contributed by atoms with Crippen LogP contribution in [0.3, 0.4) is 0 Å². The number of anilines is 1. The van der Waals surface area contributed by atoms with E-state index in [0.717, 1.165) is 5.56 Å². The van der Waals surface area contributed by atoms with E-state index in [1.54, 1.807) is 50.5 Å². The Morgan fingerprint density at radius 2 is 1.97 bits per heavy atom. The molecule has 4 rings (SSSR count). The molecule has 2 heterocycles. The molecule has 1 aliphatic rings. The van der Waals surface area contributed by atoms with Gasteiger partial charge in [0.1, 0.15) is 11.4 Å². The Kier molecular flexibility index (Phi) is 7.14. The molecule has 1 amide bonds. The molecule has 1 aromatic heterocycles. The van der Waals surface area contributed by atoms with Gasteiger partial charge in [0.05, 0.1) is 13.0 Å². The van der Waals surface area contributed by atoms with Crippen LogP contribution < -0.4 is 10.1 Å². The highest BCUT2D eigenvalue weighted by atomic mass is 32.2. The first-order valence-electron chi connectivity index (χ1n) is 11.0. The number of carbonyl (C=O) groups is 1. The van der Waals surface area contributed by atoms with E-state index >= 15 is 0 Å². The maximum absolute atomic E-state index is 13.6. The standard InChI is InChI=1S/C25H27N3O5S/c1-18-24(23(33-27-18)14-13-19-8-4-3-5-9-19)34(30,31)28-15-7-10-20(17-28)25(29)26-21-11-6-12-22(16-21)32-2/h3-6,8-9,11-14,16,20H,7,10,15,17H2,1-2H3,(H,26,29)/b14-13+/t20-/m1/s1. The second-order valence-electron chi connectivity index (χ2n) is 8.13. The van der Waals surface area contributed by atoms with Gasteiger partial charge in [-0.3, -0.25) is 4.79 Å². The van der Waals surface area contributed by atoms with Crippen LogP contribution in [-0.2, 0) is 14.8 Å². The summed E-state index contributed by atoms with van der Waals surface area (Å²) in [5, 5.41) is 6.76. The molecule has 0 saturated carbocycles. The summed E-state index contributed by atoms with van der Waals surface area (Å²) in [5.74, 6) is 0.103. The van der Waals surface area contributed by atoms with Crippen LogP contribution in [-0.4, -0.2) is 44.0 Å². The molecule has 3 aromatic rings. The lowest BCUT2D eigenvalue weighted by molar-refractivity contribution is -0.120. The summed E-state index contributed by atoms with van der Waals surface area (Å²) < 4.78 is 39.0. The van der Waals surface area contributed by atoms with Crippen molar-refractivity contribution in [1.29, 1.82) is 0 Å². The van der Waals surface area contributed by atoms with Gasteiger partial charge in [-0.2, -0.15) is 4.31 Å². The number of rotatable bonds is 7. The van der Waals surface area contributed by atoms with Crippen molar-refractivity contribution in [3.8, 4) is 5.75 Å². The zero-order valence-corrected chi connectivity index (χ0v) is 19.9. The third-order valence-electron chi connectivity index (χ3n) is 5.75. The van der Waals surface area contributed by atoms with Crippen LogP contribution in [0.4, 0.5) is 5.69 Å². The summed E-state index contributed by atoms with van der Waals surface area (Å²) in [4.78, 5) is 12.9. The first-order chi connectivity index (χ1) is 16.4. The van der Waals surface area contributed by atoms with Gasteiger partial charge in [0.25, 0.3) is 0 Å². The van der Waals surface area contributed by atoms with Crippen LogP contribution in [0.15, 0.2) is 64.0 Å². The SMILES string of the molecule is COc1cccc(NC(=O)[C@@H]2CCCN(S(=O)(=O)c3c(C)noc3/C=C/c3ccccc3)C2)c1. The zero-order chi connectivity index (χ0) is 24.1. The summed E-state index contributed by atoms with van der Waals surface area (Å²) in [7, 11) is -2.35. The summed E-state index contributed by atoms with van der Waals surface area (Å²) in [6.07, 6.45) is 4.57. The molecular weight excluding hydrogens is 454 g/mol. The largest absolute Gasteiger partial charge is 0.497 e. The number of benzene rings is 2. The normalized spacial score (nSPS) is 17.1. The predicted molar refractivity (Wildman–Crippen MR) is 130 cm³/mol. The third-order valence-corrected chi connectivity index (χ3v) is 7.77. The Labute approximate surface area is 199 Å². The third kappa shape index (κ3) is 5.21. The van der Waals surface area contributed by atoms with Crippen molar-refractivity contribution in [3.63, 3.8) is 0 Å². The number of hydrogen-bond donors (Lipinski definition) is 1. The van der Waals surface area contributed by atoms with Crippen LogP contribution in [0.1, 0.15) is 29.9 Å². The molecule has 0 spiro atoms. The van der Waals surface area contributed by atoms with Crippen molar-refractivity contribution in [2.45, 2.75) is 24.7 Å². The van der Waals surface area contributed by atoms with Crippen LogP contribution in [0.25, 0.3) is 12.2 Å². The number of carbonyl (C=O) groups excluding carboxylic acids is 1. The molecule has 1 fully saturated rings. The zero-order valence-electron chi connectivity index (χ0n) is 19.1. The smallest absolute Gasteiger partial charge is 0.248 e. The van der Waals surface area contributed by atoms with Gasteiger partial charge in [0.2, 0.25) is 15.9 Å². The Bertz CT molecular complexity index is 1280. The van der Waals surface area contributed by atoms with Gasteiger partial charge in [-0.15, -0.1) is 0 Å². The number of hydrogen-bond acceptors (Lipinski definition) is 6. The lowest BCUT2D eigenvalue weighted by atomic mass is 9.98. The fourth-order valence-electron chi connectivity index (χ4n) is 3.98. The van der Waals surface area contributed by atoms with E-state index in [2.05, 4.69) is 10.5 Å². The van der Waals surface area contributed by atoms with Crippen molar-refractivity contribution in [2.24, 2.45) is 5.92 Å². The lowest BCUT2D eigenvalue weighted by Gasteiger charge is -2.31. The number of ether oxygens (including phenoxy) is 1. The fourth-order valence-corrected chi connectivity index (χ4v) is 5.76. The van der Waals surface area contributed by atoms with Gasteiger partial charge in [0.15, 0.2) is 10.7 Å². The molecule has 0 unspecified atom stereocenters. The number of nitrogens with one attached hydrogen (secondary N) is 1. The lowest BCUT2D eigenvalue weighted by Crippen LogP contribution is -2.43.